The van der Waals surface area contributed by atoms with Gasteiger partial charge in [0.15, 0.2) is 12.4 Å². The van der Waals surface area contributed by atoms with E-state index in [2.05, 4.69) is 31.2 Å². The zero-order valence-corrected chi connectivity index (χ0v) is 13.1. The summed E-state index contributed by atoms with van der Waals surface area (Å²) < 4.78 is 6.00. The molecule has 21 heavy (non-hydrogen) atoms. The smallest absolute Gasteiger partial charge is 0.263 e. The second kappa shape index (κ2) is 7.09. The van der Waals surface area contributed by atoms with Crippen LogP contribution in [0.15, 0.2) is 41.3 Å². The molecule has 0 aliphatic carbocycles. The first-order chi connectivity index (χ1) is 10.1. The highest BCUT2D eigenvalue weighted by atomic mass is 79.9. The number of amides is 1. The van der Waals surface area contributed by atoms with Crippen molar-refractivity contribution in [2.24, 2.45) is 5.73 Å². The lowest BCUT2D eigenvalue weighted by molar-refractivity contribution is -0.118. The minimum atomic E-state index is -0.357. The number of hydrogen-bond donors (Lipinski definition) is 2. The van der Waals surface area contributed by atoms with Crippen LogP contribution in [0.3, 0.4) is 0 Å². The molecule has 0 spiro atoms. The van der Waals surface area contributed by atoms with Crippen LogP contribution in [-0.2, 0) is 4.79 Å². The first-order valence-electron chi connectivity index (χ1n) is 5.85. The minimum Gasteiger partial charge on any atom is -0.483 e. The number of carbonyl (C=O) groups excluding carboxylic acids is 1. The van der Waals surface area contributed by atoms with Gasteiger partial charge < -0.3 is 15.8 Å². The minimum absolute atomic E-state index is 0.183. The lowest BCUT2D eigenvalue weighted by Crippen LogP contribution is -2.22. The number of aromatic nitrogens is 2. The van der Waals surface area contributed by atoms with E-state index in [0.717, 1.165) is 0 Å². The van der Waals surface area contributed by atoms with E-state index in [1.54, 1.807) is 24.3 Å². The SMILES string of the molecule is NC(=S)c1ccccc1OCC(=O)Nc1cnc(Br)cn1. The molecule has 0 aliphatic rings. The molecule has 6 nitrogen and oxygen atoms in total. The van der Waals surface area contributed by atoms with E-state index in [4.69, 9.17) is 22.7 Å². The summed E-state index contributed by atoms with van der Waals surface area (Å²) in [6.07, 6.45) is 2.92. The van der Waals surface area contributed by atoms with Crippen LogP contribution in [0.2, 0.25) is 0 Å². The van der Waals surface area contributed by atoms with Crippen LogP contribution < -0.4 is 15.8 Å². The second-order valence-electron chi connectivity index (χ2n) is 3.92. The fraction of sp³-hybridized carbons (Fsp3) is 0.0769. The first kappa shape index (κ1) is 15.3. The highest BCUT2D eigenvalue weighted by Crippen LogP contribution is 2.17. The topological polar surface area (TPSA) is 90.1 Å². The van der Waals surface area contributed by atoms with Crippen LogP contribution in [0.4, 0.5) is 5.82 Å². The van der Waals surface area contributed by atoms with Gasteiger partial charge in [0.05, 0.1) is 18.0 Å². The highest BCUT2D eigenvalue weighted by Gasteiger charge is 2.09. The van der Waals surface area contributed by atoms with Gasteiger partial charge in [0.25, 0.3) is 5.91 Å². The maximum atomic E-state index is 11.8. The summed E-state index contributed by atoms with van der Waals surface area (Å²) in [4.78, 5) is 19.9. The fourth-order valence-corrected chi connectivity index (χ4v) is 1.87. The summed E-state index contributed by atoms with van der Waals surface area (Å²) in [5.41, 5.74) is 6.17. The van der Waals surface area contributed by atoms with Crippen molar-refractivity contribution < 1.29 is 9.53 Å². The number of anilines is 1. The largest absolute Gasteiger partial charge is 0.483 e. The molecular formula is C13H11BrN4O2S. The molecule has 0 radical (unpaired) electrons. The Morgan fingerprint density at radius 3 is 2.76 bits per heavy atom. The van der Waals surface area contributed by atoms with Gasteiger partial charge in [-0.25, -0.2) is 9.97 Å². The molecule has 108 valence electrons. The monoisotopic (exact) mass is 366 g/mol. The summed E-state index contributed by atoms with van der Waals surface area (Å²) in [5, 5.41) is 2.57. The average Bonchev–Trinajstić information content (AvgIpc) is 2.48. The molecule has 1 amide bonds. The van der Waals surface area contributed by atoms with E-state index >= 15 is 0 Å². The number of carbonyl (C=O) groups is 1. The molecule has 0 unspecified atom stereocenters. The van der Waals surface area contributed by atoms with Crippen LogP contribution in [0.5, 0.6) is 5.75 Å². The van der Waals surface area contributed by atoms with E-state index in [1.807, 2.05) is 0 Å². The van der Waals surface area contributed by atoms with Gasteiger partial charge in [-0.05, 0) is 28.1 Å². The first-order valence-corrected chi connectivity index (χ1v) is 7.05. The standard InChI is InChI=1S/C13H11BrN4O2S/c14-10-5-17-11(6-16-10)18-12(19)7-20-9-4-2-1-3-8(9)13(15)21/h1-6H,7H2,(H2,15,21)(H,17,18,19). The Hall–Kier alpha value is -2.06. The van der Waals surface area contributed by atoms with Gasteiger partial charge in [-0.1, -0.05) is 24.4 Å². The number of nitrogens with zero attached hydrogens (tertiary/aromatic N) is 2. The van der Waals surface area contributed by atoms with Crippen molar-refractivity contribution in [1.82, 2.24) is 9.97 Å². The molecule has 0 saturated heterocycles. The number of rotatable bonds is 5. The molecule has 0 fully saturated rings. The molecular weight excluding hydrogens is 356 g/mol. The predicted molar refractivity (Wildman–Crippen MR) is 86.2 cm³/mol. The van der Waals surface area contributed by atoms with Crippen molar-refractivity contribution in [2.75, 3.05) is 11.9 Å². The Morgan fingerprint density at radius 2 is 2.10 bits per heavy atom. The number of nitrogens with one attached hydrogen (secondary N) is 1. The van der Waals surface area contributed by atoms with E-state index in [0.29, 0.717) is 21.7 Å². The summed E-state index contributed by atoms with van der Waals surface area (Å²) >= 11 is 8.08. The number of nitrogens with two attached hydrogens (primary N) is 1. The van der Waals surface area contributed by atoms with E-state index in [9.17, 15) is 4.79 Å². The van der Waals surface area contributed by atoms with Crippen LogP contribution in [0.25, 0.3) is 0 Å². The number of hydrogen-bond acceptors (Lipinski definition) is 5. The molecule has 8 heteroatoms. The van der Waals surface area contributed by atoms with Gasteiger partial charge in [0.1, 0.15) is 15.3 Å². The molecule has 1 heterocycles. The highest BCUT2D eigenvalue weighted by molar-refractivity contribution is 9.10. The predicted octanol–water partition coefficient (Wildman–Crippen LogP) is 1.89. The molecule has 0 aliphatic heterocycles. The number of ether oxygens (including phenoxy) is 1. The van der Waals surface area contributed by atoms with Crippen LogP contribution in [0, 0.1) is 0 Å². The normalized spacial score (nSPS) is 9.95. The Bertz CT molecular complexity index is 663. The van der Waals surface area contributed by atoms with Gasteiger partial charge >= 0.3 is 0 Å². The maximum absolute atomic E-state index is 11.8. The molecule has 1 aromatic heterocycles. The van der Waals surface area contributed by atoms with E-state index in [1.165, 1.54) is 12.4 Å². The van der Waals surface area contributed by atoms with Crippen LogP contribution in [-0.4, -0.2) is 27.5 Å². The molecule has 2 rings (SSSR count). The van der Waals surface area contributed by atoms with Gasteiger partial charge in [-0.3, -0.25) is 4.79 Å². The third kappa shape index (κ3) is 4.47. The zero-order valence-electron chi connectivity index (χ0n) is 10.7. The average molecular weight is 367 g/mol. The molecule has 0 bridgehead atoms. The number of para-hydroxylation sites is 1. The molecule has 3 N–H and O–H groups in total. The van der Waals surface area contributed by atoms with Crippen LogP contribution in [0.1, 0.15) is 5.56 Å². The Labute approximate surface area is 134 Å². The van der Waals surface area contributed by atoms with Crippen molar-refractivity contribution in [2.45, 2.75) is 0 Å². The molecule has 1 aromatic carbocycles. The van der Waals surface area contributed by atoms with E-state index < -0.39 is 0 Å². The van der Waals surface area contributed by atoms with Crippen molar-refractivity contribution >= 4 is 44.9 Å². The Kier molecular flexibility index (Phi) is 5.18. The van der Waals surface area contributed by atoms with Crippen LogP contribution >= 0.6 is 28.1 Å². The van der Waals surface area contributed by atoms with Crippen molar-refractivity contribution in [1.29, 1.82) is 0 Å². The quantitative estimate of drug-likeness (QED) is 0.785. The third-order valence-corrected chi connectivity index (χ3v) is 3.03. The third-order valence-electron chi connectivity index (χ3n) is 2.40. The summed E-state index contributed by atoms with van der Waals surface area (Å²) in [6.45, 7) is -0.183. The summed E-state index contributed by atoms with van der Waals surface area (Å²) in [7, 11) is 0. The van der Waals surface area contributed by atoms with Gasteiger partial charge in [-0.15, -0.1) is 0 Å². The molecule has 2 aromatic rings. The van der Waals surface area contributed by atoms with Crippen molar-refractivity contribution in [3.63, 3.8) is 0 Å². The number of thiocarbonyl (C=S) groups is 1. The van der Waals surface area contributed by atoms with Gasteiger partial charge in [0.2, 0.25) is 0 Å². The lowest BCUT2D eigenvalue weighted by atomic mass is 10.2. The lowest BCUT2D eigenvalue weighted by Gasteiger charge is -2.10. The summed E-state index contributed by atoms with van der Waals surface area (Å²) in [5.74, 6) is 0.445. The second-order valence-corrected chi connectivity index (χ2v) is 5.17. The Balaban J connectivity index is 1.95. The van der Waals surface area contributed by atoms with Crippen molar-refractivity contribution in [3.05, 3.63) is 46.8 Å². The summed E-state index contributed by atoms with van der Waals surface area (Å²) in [6, 6.07) is 6.99. The zero-order chi connectivity index (χ0) is 15.2. The number of benzene rings is 1. The molecule has 0 saturated carbocycles. The maximum Gasteiger partial charge on any atom is 0.263 e. The van der Waals surface area contributed by atoms with Gasteiger partial charge in [-0.2, -0.15) is 0 Å². The molecule has 0 atom stereocenters. The Morgan fingerprint density at radius 1 is 1.33 bits per heavy atom. The van der Waals surface area contributed by atoms with E-state index in [-0.39, 0.29) is 17.5 Å². The van der Waals surface area contributed by atoms with Gasteiger partial charge in [0, 0.05) is 0 Å². The van der Waals surface area contributed by atoms with Crippen molar-refractivity contribution in [3.8, 4) is 5.75 Å². The fourth-order valence-electron chi connectivity index (χ4n) is 1.50. The number of halogens is 1.